The van der Waals surface area contributed by atoms with Crippen molar-refractivity contribution < 1.29 is 4.42 Å². The summed E-state index contributed by atoms with van der Waals surface area (Å²) in [6, 6.07) is 20.4. The molecule has 0 radical (unpaired) electrons. The number of fused-ring (bicyclic) bond motifs is 2. The summed E-state index contributed by atoms with van der Waals surface area (Å²) < 4.78 is 6.88. The predicted octanol–water partition coefficient (Wildman–Crippen LogP) is 3.15. The van der Waals surface area contributed by atoms with Crippen LogP contribution in [0.25, 0.3) is 27.6 Å². The lowest BCUT2D eigenvalue weighted by Gasteiger charge is -2.05. The summed E-state index contributed by atoms with van der Waals surface area (Å²) in [6.07, 6.45) is 0. The van der Waals surface area contributed by atoms with Crippen molar-refractivity contribution in [3.05, 3.63) is 98.2 Å². The van der Waals surface area contributed by atoms with Gasteiger partial charge in [0, 0.05) is 5.39 Å². The van der Waals surface area contributed by atoms with Crippen molar-refractivity contribution in [2.75, 3.05) is 0 Å². The van der Waals surface area contributed by atoms with E-state index in [-0.39, 0.29) is 10.8 Å². The second kappa shape index (κ2) is 4.95. The van der Waals surface area contributed by atoms with E-state index in [0.717, 1.165) is 10.8 Å². The minimum atomic E-state index is -0.460. The van der Waals surface area contributed by atoms with Crippen molar-refractivity contribution in [3.8, 4) is 5.69 Å². The Hall–Kier alpha value is -3.60. The van der Waals surface area contributed by atoms with Gasteiger partial charge in [0.1, 0.15) is 0 Å². The summed E-state index contributed by atoms with van der Waals surface area (Å²) in [5.74, 6) is 0. The van der Waals surface area contributed by atoms with E-state index in [1.807, 2.05) is 48.5 Å². The van der Waals surface area contributed by atoms with E-state index >= 15 is 0 Å². The molecular formula is C20H12N2O3. The van der Waals surface area contributed by atoms with Crippen LogP contribution in [0, 0.1) is 10.8 Å². The van der Waals surface area contributed by atoms with Gasteiger partial charge in [0.15, 0.2) is 10.9 Å². The highest BCUT2D eigenvalue weighted by Crippen LogP contribution is 2.20. The van der Waals surface area contributed by atoms with Gasteiger partial charge in [0.2, 0.25) is 5.42 Å². The Morgan fingerprint density at radius 1 is 0.800 bits per heavy atom. The van der Waals surface area contributed by atoms with Crippen LogP contribution in [-0.2, 0) is 0 Å². The lowest BCUT2D eigenvalue weighted by molar-refractivity contribution is 0.556. The van der Waals surface area contributed by atoms with Crippen molar-refractivity contribution >= 4 is 21.9 Å². The molecule has 2 heterocycles. The molecule has 0 atom stereocenters. The van der Waals surface area contributed by atoms with Crippen molar-refractivity contribution in [3.63, 3.8) is 0 Å². The van der Waals surface area contributed by atoms with E-state index < -0.39 is 11.1 Å². The van der Waals surface area contributed by atoms with Gasteiger partial charge in [-0.3, -0.25) is 9.59 Å². The Morgan fingerprint density at radius 3 is 2.48 bits per heavy atom. The third-order valence-corrected chi connectivity index (χ3v) is 4.41. The topological polar surface area (TPSA) is 68.0 Å². The number of rotatable bonds is 1. The molecule has 0 unspecified atom stereocenters. The number of nitrogens with zero attached hydrogens (tertiary/aromatic N) is 1. The van der Waals surface area contributed by atoms with Gasteiger partial charge in [0.25, 0.3) is 5.56 Å². The maximum Gasteiger partial charge on any atom is 0.303 e. The van der Waals surface area contributed by atoms with E-state index in [0.29, 0.717) is 16.8 Å². The smallest absolute Gasteiger partial charge is 0.303 e. The lowest BCUT2D eigenvalue weighted by Crippen LogP contribution is -2.24. The molecule has 0 saturated heterocycles. The molecule has 0 spiro atoms. The highest BCUT2D eigenvalue weighted by atomic mass is 16.3. The first-order valence-electron chi connectivity index (χ1n) is 7.89. The Labute approximate surface area is 140 Å². The van der Waals surface area contributed by atoms with Crippen molar-refractivity contribution in [2.45, 2.75) is 0 Å². The molecule has 2 aliphatic rings. The molecule has 120 valence electrons. The van der Waals surface area contributed by atoms with Crippen molar-refractivity contribution in [1.29, 1.82) is 0 Å². The van der Waals surface area contributed by atoms with Crippen LogP contribution in [-0.4, -0.2) is 9.55 Å². The molecular weight excluding hydrogens is 316 g/mol. The van der Waals surface area contributed by atoms with Crippen LogP contribution in [0.15, 0.2) is 80.7 Å². The first-order chi connectivity index (χ1) is 12.2. The molecule has 0 amide bonds. The van der Waals surface area contributed by atoms with Gasteiger partial charge < -0.3 is 9.40 Å². The standard InChI is InChI=1S/C20H12N2O3/c23-19-17-18(25-16-11-4-3-9-14(16)21-17)20(24)22(19)15-10-5-7-12-6-1-2-8-13(12)15/h1-11,21H. The van der Waals surface area contributed by atoms with Gasteiger partial charge in [-0.2, -0.15) is 0 Å². The molecule has 25 heavy (non-hydrogen) atoms. The minimum Gasteiger partial charge on any atom is -0.447 e. The molecule has 3 aromatic carbocycles. The van der Waals surface area contributed by atoms with E-state index in [9.17, 15) is 9.59 Å². The first-order valence-corrected chi connectivity index (χ1v) is 7.89. The molecule has 0 fully saturated rings. The molecule has 0 aliphatic carbocycles. The van der Waals surface area contributed by atoms with Gasteiger partial charge in [-0.05, 0) is 23.6 Å². The Morgan fingerprint density at radius 2 is 1.56 bits per heavy atom. The number of hydrogen-bond acceptors (Lipinski definition) is 3. The summed E-state index contributed by atoms with van der Waals surface area (Å²) in [5.41, 5.74) is 0.919. The van der Waals surface area contributed by atoms with Crippen molar-refractivity contribution in [1.82, 2.24) is 9.55 Å². The summed E-state index contributed by atoms with van der Waals surface area (Å²) in [6.45, 7) is 0. The number of aromatic amines is 1. The number of aromatic nitrogens is 2. The highest BCUT2D eigenvalue weighted by Gasteiger charge is 2.16. The second-order valence-corrected chi connectivity index (χ2v) is 5.87. The van der Waals surface area contributed by atoms with Gasteiger partial charge in [-0.15, -0.1) is 0 Å². The molecule has 5 rings (SSSR count). The van der Waals surface area contributed by atoms with E-state index in [1.165, 1.54) is 4.57 Å². The van der Waals surface area contributed by atoms with Crippen LogP contribution in [0.2, 0.25) is 0 Å². The van der Waals surface area contributed by atoms with Crippen LogP contribution in [0.4, 0.5) is 0 Å². The Kier molecular flexibility index (Phi) is 2.73. The lowest BCUT2D eigenvalue weighted by atomic mass is 10.1. The molecule has 5 nitrogen and oxygen atoms in total. The largest absolute Gasteiger partial charge is 0.447 e. The number of para-hydroxylation sites is 2. The van der Waals surface area contributed by atoms with Crippen LogP contribution < -0.4 is 11.1 Å². The Bertz CT molecular complexity index is 1370. The summed E-state index contributed by atoms with van der Waals surface area (Å²) >= 11 is 0. The third-order valence-electron chi connectivity index (χ3n) is 4.41. The average Bonchev–Trinajstić information content (AvgIpc) is 2.90. The highest BCUT2D eigenvalue weighted by molar-refractivity contribution is 5.90. The zero-order valence-electron chi connectivity index (χ0n) is 13.0. The molecule has 2 aliphatic heterocycles. The second-order valence-electron chi connectivity index (χ2n) is 5.87. The van der Waals surface area contributed by atoms with E-state index in [1.54, 1.807) is 18.2 Å². The number of nitrogens with one attached hydrogen (secondary N) is 1. The van der Waals surface area contributed by atoms with Gasteiger partial charge in [-0.25, -0.2) is 4.57 Å². The van der Waals surface area contributed by atoms with Gasteiger partial charge in [-0.1, -0.05) is 48.5 Å². The summed E-state index contributed by atoms with van der Waals surface area (Å²) in [4.78, 5) is 28.8. The minimum absolute atomic E-state index is 0.0386. The normalized spacial score (nSPS) is 11.5. The average molecular weight is 328 g/mol. The van der Waals surface area contributed by atoms with Crippen molar-refractivity contribution in [2.24, 2.45) is 0 Å². The monoisotopic (exact) mass is 328 g/mol. The van der Waals surface area contributed by atoms with Crippen LogP contribution in [0.3, 0.4) is 0 Å². The molecule has 0 aromatic heterocycles. The number of hydrogen-bond donors (Lipinski definition) is 1. The molecule has 3 aromatic rings. The summed E-state index contributed by atoms with van der Waals surface area (Å²) in [5, 5.41) is 1.98. The van der Waals surface area contributed by atoms with Crippen LogP contribution in [0.1, 0.15) is 0 Å². The van der Waals surface area contributed by atoms with Gasteiger partial charge >= 0.3 is 5.56 Å². The fraction of sp³-hybridized carbons (Fsp3) is 0. The molecule has 0 bridgehead atoms. The van der Waals surface area contributed by atoms with E-state index in [2.05, 4.69) is 4.98 Å². The van der Waals surface area contributed by atoms with Gasteiger partial charge in [0.05, 0.1) is 11.2 Å². The molecule has 1 N–H and O–H groups in total. The maximum atomic E-state index is 12.9. The fourth-order valence-corrected chi connectivity index (χ4v) is 3.24. The van der Waals surface area contributed by atoms with Crippen LogP contribution >= 0.6 is 0 Å². The first kappa shape index (κ1) is 13.8. The molecule has 5 heteroatoms. The third kappa shape index (κ3) is 1.89. The zero-order chi connectivity index (χ0) is 17.0. The number of benzene rings is 3. The fourth-order valence-electron chi connectivity index (χ4n) is 3.24. The molecule has 0 saturated carbocycles. The Balaban J connectivity index is 1.96. The van der Waals surface area contributed by atoms with E-state index in [4.69, 9.17) is 4.42 Å². The number of H-pyrrole nitrogens is 1. The zero-order valence-corrected chi connectivity index (χ0v) is 13.0. The summed E-state index contributed by atoms with van der Waals surface area (Å²) in [7, 11) is 0. The SMILES string of the molecule is O=c1c2[nH]c3ccccc3oc=2c(=O)n1-c1cccc2ccccc12. The quantitative estimate of drug-likeness (QED) is 0.514. The van der Waals surface area contributed by atoms with Crippen LogP contribution in [0.5, 0.6) is 0 Å². The maximum absolute atomic E-state index is 12.9. The predicted molar refractivity (Wildman–Crippen MR) is 95.2 cm³/mol.